The number of Topliss-reactive ketones (excluding diaryl/α,β-unsaturated/α-hetero) is 1. The monoisotopic (exact) mass is 241 g/mol. The molecule has 0 aromatic heterocycles. The predicted molar refractivity (Wildman–Crippen MR) is 62.8 cm³/mol. The zero-order valence-electron chi connectivity index (χ0n) is 9.88. The smallest absolute Gasteiger partial charge is 0.169 e. The Bertz CT molecular complexity index is 393. The zero-order valence-corrected chi connectivity index (χ0v) is 9.88. The number of hydrogen-bond acceptors (Lipinski definition) is 2. The fraction of sp³-hybridized carbons (Fsp3) is 0.462. The number of nitrogens with two attached hydrogens (primary N) is 1. The van der Waals surface area contributed by atoms with Crippen LogP contribution < -0.4 is 5.73 Å². The number of halogens is 2. The first-order chi connectivity index (χ1) is 8.06. The molecule has 0 saturated carbocycles. The molecule has 0 aliphatic heterocycles. The van der Waals surface area contributed by atoms with Crippen LogP contribution >= 0.6 is 0 Å². The van der Waals surface area contributed by atoms with Gasteiger partial charge in [0.15, 0.2) is 17.4 Å². The van der Waals surface area contributed by atoms with Gasteiger partial charge in [0, 0.05) is 6.42 Å². The van der Waals surface area contributed by atoms with Gasteiger partial charge in [-0.3, -0.25) is 4.79 Å². The first kappa shape index (κ1) is 13.8. The summed E-state index contributed by atoms with van der Waals surface area (Å²) < 4.78 is 26.2. The lowest BCUT2D eigenvalue weighted by molar-refractivity contribution is 0.0969. The highest BCUT2D eigenvalue weighted by Gasteiger charge is 2.15. The van der Waals surface area contributed by atoms with Crippen LogP contribution in [0.25, 0.3) is 0 Å². The van der Waals surface area contributed by atoms with Gasteiger partial charge >= 0.3 is 0 Å². The SMILES string of the molecule is CC(CCN)CCC(=O)c1cccc(F)c1F. The molecule has 1 unspecified atom stereocenters. The van der Waals surface area contributed by atoms with Gasteiger partial charge in [-0.15, -0.1) is 0 Å². The minimum absolute atomic E-state index is 0.162. The van der Waals surface area contributed by atoms with Crippen LogP contribution in [0.4, 0.5) is 8.78 Å². The van der Waals surface area contributed by atoms with Crippen molar-refractivity contribution in [3.8, 4) is 0 Å². The number of carbonyl (C=O) groups is 1. The molecule has 0 spiro atoms. The van der Waals surface area contributed by atoms with E-state index in [1.54, 1.807) is 0 Å². The van der Waals surface area contributed by atoms with Gasteiger partial charge in [0.1, 0.15) is 0 Å². The molecule has 17 heavy (non-hydrogen) atoms. The standard InChI is InChI=1S/C13H17F2NO/c1-9(7-8-16)5-6-12(17)10-3-2-4-11(14)13(10)15/h2-4,9H,5-8,16H2,1H3. The molecule has 0 saturated heterocycles. The predicted octanol–water partition coefficient (Wildman–Crippen LogP) is 2.91. The van der Waals surface area contributed by atoms with Gasteiger partial charge in [0.25, 0.3) is 0 Å². The van der Waals surface area contributed by atoms with Crippen LogP contribution in [-0.4, -0.2) is 12.3 Å². The second-order valence-electron chi connectivity index (χ2n) is 4.25. The molecule has 0 amide bonds. The van der Waals surface area contributed by atoms with E-state index in [0.29, 0.717) is 18.9 Å². The third kappa shape index (κ3) is 3.89. The van der Waals surface area contributed by atoms with Gasteiger partial charge < -0.3 is 5.73 Å². The Balaban J connectivity index is 2.61. The summed E-state index contributed by atoms with van der Waals surface area (Å²) in [6.45, 7) is 2.56. The van der Waals surface area contributed by atoms with Gasteiger partial charge in [-0.2, -0.15) is 0 Å². The molecule has 0 aliphatic carbocycles. The molecular formula is C13H17F2NO. The van der Waals surface area contributed by atoms with Gasteiger partial charge in [-0.05, 0) is 37.4 Å². The lowest BCUT2D eigenvalue weighted by Crippen LogP contribution is -2.09. The normalized spacial score (nSPS) is 12.5. The maximum Gasteiger partial charge on any atom is 0.169 e. The molecule has 2 N–H and O–H groups in total. The summed E-state index contributed by atoms with van der Waals surface area (Å²) in [6, 6.07) is 3.66. The number of ketones is 1. The van der Waals surface area contributed by atoms with E-state index in [-0.39, 0.29) is 17.8 Å². The van der Waals surface area contributed by atoms with Crippen LogP contribution in [0.3, 0.4) is 0 Å². The Hall–Kier alpha value is -1.29. The first-order valence-electron chi connectivity index (χ1n) is 5.73. The number of hydrogen-bond donors (Lipinski definition) is 1. The summed E-state index contributed by atoms with van der Waals surface area (Å²) in [7, 11) is 0. The highest BCUT2D eigenvalue weighted by molar-refractivity contribution is 5.96. The van der Waals surface area contributed by atoms with Crippen molar-refractivity contribution in [2.45, 2.75) is 26.2 Å². The molecule has 0 bridgehead atoms. The Morgan fingerprint density at radius 2 is 2.06 bits per heavy atom. The summed E-state index contributed by atoms with van der Waals surface area (Å²) >= 11 is 0. The average Bonchev–Trinajstić information content (AvgIpc) is 2.30. The first-order valence-corrected chi connectivity index (χ1v) is 5.73. The molecule has 1 aromatic rings. The second-order valence-corrected chi connectivity index (χ2v) is 4.25. The number of rotatable bonds is 6. The lowest BCUT2D eigenvalue weighted by atomic mass is 9.97. The molecule has 0 fully saturated rings. The van der Waals surface area contributed by atoms with Crippen molar-refractivity contribution < 1.29 is 13.6 Å². The molecule has 94 valence electrons. The van der Waals surface area contributed by atoms with E-state index in [4.69, 9.17) is 5.73 Å². The second kappa shape index (κ2) is 6.45. The molecule has 4 heteroatoms. The Morgan fingerprint density at radius 3 is 2.71 bits per heavy atom. The van der Waals surface area contributed by atoms with Crippen molar-refractivity contribution in [3.63, 3.8) is 0 Å². The quantitative estimate of drug-likeness (QED) is 0.778. The number of benzene rings is 1. The Labute approximate surface area is 99.8 Å². The van der Waals surface area contributed by atoms with E-state index >= 15 is 0 Å². The summed E-state index contributed by atoms with van der Waals surface area (Å²) in [5, 5.41) is 0. The fourth-order valence-electron chi connectivity index (χ4n) is 1.66. The molecule has 1 rings (SSSR count). The van der Waals surface area contributed by atoms with Crippen molar-refractivity contribution in [1.29, 1.82) is 0 Å². The highest BCUT2D eigenvalue weighted by Crippen LogP contribution is 2.17. The van der Waals surface area contributed by atoms with Gasteiger partial charge in [0.2, 0.25) is 0 Å². The molecular weight excluding hydrogens is 224 g/mol. The minimum atomic E-state index is -1.05. The Kier molecular flexibility index (Phi) is 5.22. The third-order valence-corrected chi connectivity index (χ3v) is 2.78. The summed E-state index contributed by atoms with van der Waals surface area (Å²) in [4.78, 5) is 11.7. The maximum atomic E-state index is 13.3. The summed E-state index contributed by atoms with van der Waals surface area (Å²) in [5.74, 6) is -2.07. The molecule has 1 atom stereocenters. The van der Waals surface area contributed by atoms with Crippen LogP contribution in [0, 0.1) is 17.6 Å². The molecule has 0 heterocycles. The minimum Gasteiger partial charge on any atom is -0.330 e. The zero-order chi connectivity index (χ0) is 12.8. The molecule has 0 aliphatic rings. The van der Waals surface area contributed by atoms with Crippen molar-refractivity contribution in [1.82, 2.24) is 0 Å². The van der Waals surface area contributed by atoms with Crippen LogP contribution in [0.1, 0.15) is 36.5 Å². The van der Waals surface area contributed by atoms with E-state index in [1.807, 2.05) is 6.92 Å². The van der Waals surface area contributed by atoms with Crippen molar-refractivity contribution in [3.05, 3.63) is 35.4 Å². The van der Waals surface area contributed by atoms with Crippen LogP contribution in [0.2, 0.25) is 0 Å². The average molecular weight is 241 g/mol. The number of carbonyl (C=O) groups excluding carboxylic acids is 1. The van der Waals surface area contributed by atoms with Crippen LogP contribution in [-0.2, 0) is 0 Å². The summed E-state index contributed by atoms with van der Waals surface area (Å²) in [6.07, 6.45) is 1.70. The van der Waals surface area contributed by atoms with E-state index in [9.17, 15) is 13.6 Å². The van der Waals surface area contributed by atoms with E-state index < -0.39 is 11.6 Å². The summed E-state index contributed by atoms with van der Waals surface area (Å²) in [5.41, 5.74) is 5.23. The lowest BCUT2D eigenvalue weighted by Gasteiger charge is -2.09. The topological polar surface area (TPSA) is 43.1 Å². The van der Waals surface area contributed by atoms with E-state index in [0.717, 1.165) is 12.5 Å². The Morgan fingerprint density at radius 1 is 1.35 bits per heavy atom. The van der Waals surface area contributed by atoms with Crippen LogP contribution in [0.5, 0.6) is 0 Å². The van der Waals surface area contributed by atoms with Gasteiger partial charge in [-0.1, -0.05) is 13.0 Å². The van der Waals surface area contributed by atoms with Crippen molar-refractivity contribution >= 4 is 5.78 Å². The van der Waals surface area contributed by atoms with E-state index in [2.05, 4.69) is 0 Å². The third-order valence-electron chi connectivity index (χ3n) is 2.78. The van der Waals surface area contributed by atoms with Gasteiger partial charge in [-0.25, -0.2) is 8.78 Å². The van der Waals surface area contributed by atoms with Crippen molar-refractivity contribution in [2.24, 2.45) is 11.7 Å². The molecule has 0 radical (unpaired) electrons. The molecule has 2 nitrogen and oxygen atoms in total. The molecule has 1 aromatic carbocycles. The highest BCUT2D eigenvalue weighted by atomic mass is 19.2. The van der Waals surface area contributed by atoms with Crippen molar-refractivity contribution in [2.75, 3.05) is 6.54 Å². The fourth-order valence-corrected chi connectivity index (χ4v) is 1.66. The maximum absolute atomic E-state index is 13.3. The van der Waals surface area contributed by atoms with E-state index in [1.165, 1.54) is 12.1 Å². The van der Waals surface area contributed by atoms with Crippen LogP contribution in [0.15, 0.2) is 18.2 Å². The largest absolute Gasteiger partial charge is 0.330 e. The van der Waals surface area contributed by atoms with Gasteiger partial charge in [0.05, 0.1) is 5.56 Å².